The molecule has 1 aromatic carbocycles. The van der Waals surface area contributed by atoms with Gasteiger partial charge in [0.05, 0.1) is 6.61 Å². The molecule has 1 aliphatic heterocycles. The summed E-state index contributed by atoms with van der Waals surface area (Å²) < 4.78 is 25.8. The van der Waals surface area contributed by atoms with Gasteiger partial charge in [0, 0.05) is 50.2 Å². The molecular formula is C23H32FN3O3. The number of ether oxygens (including phenoxy) is 2. The molecule has 0 aliphatic carbocycles. The van der Waals surface area contributed by atoms with Crippen LogP contribution in [-0.2, 0) is 4.74 Å². The summed E-state index contributed by atoms with van der Waals surface area (Å²) >= 11 is 0. The Labute approximate surface area is 177 Å². The molecule has 164 valence electrons. The van der Waals surface area contributed by atoms with Crippen molar-refractivity contribution in [1.29, 1.82) is 0 Å². The average molecular weight is 418 g/mol. The van der Waals surface area contributed by atoms with E-state index in [0.717, 1.165) is 31.5 Å². The van der Waals surface area contributed by atoms with Crippen molar-refractivity contribution in [2.24, 2.45) is 0 Å². The van der Waals surface area contributed by atoms with Crippen LogP contribution in [0.5, 0.6) is 5.75 Å². The molecule has 1 aliphatic rings. The molecule has 0 radical (unpaired) electrons. The van der Waals surface area contributed by atoms with Gasteiger partial charge in [-0.3, -0.25) is 4.79 Å². The molecule has 2 heterocycles. The lowest BCUT2D eigenvalue weighted by Gasteiger charge is -2.37. The Morgan fingerprint density at radius 2 is 2.13 bits per heavy atom. The molecule has 7 heteroatoms. The molecule has 1 unspecified atom stereocenters. The number of nitrogens with one attached hydrogen (secondary N) is 1. The zero-order valence-electron chi connectivity index (χ0n) is 18.3. The maximum absolute atomic E-state index is 14.8. The number of nitrogens with zero attached hydrogens (tertiary/aromatic N) is 2. The van der Waals surface area contributed by atoms with E-state index in [1.807, 2.05) is 31.7 Å². The predicted octanol–water partition coefficient (Wildman–Crippen LogP) is 3.70. The van der Waals surface area contributed by atoms with E-state index in [9.17, 15) is 9.18 Å². The summed E-state index contributed by atoms with van der Waals surface area (Å²) in [5.41, 5.74) is 1.16. The summed E-state index contributed by atoms with van der Waals surface area (Å²) in [4.78, 5) is 19.8. The molecule has 0 saturated carbocycles. The quantitative estimate of drug-likeness (QED) is 0.664. The van der Waals surface area contributed by atoms with Gasteiger partial charge in [-0.25, -0.2) is 9.37 Å². The highest BCUT2D eigenvalue weighted by molar-refractivity contribution is 5.97. The van der Waals surface area contributed by atoms with Gasteiger partial charge in [0.25, 0.3) is 5.91 Å². The summed E-state index contributed by atoms with van der Waals surface area (Å²) in [5.74, 6) is -0.160. The first-order valence-corrected chi connectivity index (χ1v) is 10.7. The molecule has 3 rings (SSSR count). The zero-order valence-corrected chi connectivity index (χ0v) is 18.3. The Morgan fingerprint density at radius 3 is 2.80 bits per heavy atom. The fourth-order valence-electron chi connectivity index (χ4n) is 4.03. The Bertz CT molecular complexity index is 882. The molecule has 1 saturated heterocycles. The Kier molecular flexibility index (Phi) is 7.61. The summed E-state index contributed by atoms with van der Waals surface area (Å²) in [5, 5.41) is 3.94. The number of halogens is 1. The lowest BCUT2D eigenvalue weighted by Crippen LogP contribution is -2.51. The number of methoxy groups -OCH3 is 1. The second-order valence-electron chi connectivity index (χ2n) is 8.15. The van der Waals surface area contributed by atoms with Crippen molar-refractivity contribution >= 4 is 16.8 Å². The van der Waals surface area contributed by atoms with Crippen LogP contribution in [0.3, 0.4) is 0 Å². The smallest absolute Gasteiger partial charge is 0.273 e. The van der Waals surface area contributed by atoms with Crippen molar-refractivity contribution in [3.63, 3.8) is 0 Å². The first-order chi connectivity index (χ1) is 14.4. The van der Waals surface area contributed by atoms with E-state index in [2.05, 4.69) is 10.3 Å². The van der Waals surface area contributed by atoms with Crippen LogP contribution in [0.25, 0.3) is 10.9 Å². The molecule has 1 N–H and O–H groups in total. The van der Waals surface area contributed by atoms with Crippen LogP contribution in [-0.4, -0.2) is 61.3 Å². The van der Waals surface area contributed by atoms with Crippen molar-refractivity contribution in [1.82, 2.24) is 15.2 Å². The number of carbonyl (C=O) groups excluding carboxylic acids is 1. The predicted molar refractivity (Wildman–Crippen MR) is 116 cm³/mol. The maximum Gasteiger partial charge on any atom is 0.273 e. The number of rotatable bonds is 8. The molecule has 1 atom stereocenters. The van der Waals surface area contributed by atoms with Crippen LogP contribution in [0.1, 0.15) is 49.2 Å². The van der Waals surface area contributed by atoms with Crippen LogP contribution < -0.4 is 10.1 Å². The van der Waals surface area contributed by atoms with Crippen molar-refractivity contribution in [3.05, 3.63) is 35.3 Å². The number of amides is 1. The summed E-state index contributed by atoms with van der Waals surface area (Å²) in [6.07, 6.45) is 2.66. The molecule has 1 amide bonds. The first kappa shape index (κ1) is 22.4. The monoisotopic (exact) mass is 417 g/mol. The van der Waals surface area contributed by atoms with Gasteiger partial charge in [-0.2, -0.15) is 0 Å². The molecule has 1 fully saturated rings. The summed E-state index contributed by atoms with van der Waals surface area (Å²) in [7, 11) is 1.64. The Hall–Kier alpha value is -2.25. The number of aryl methyl sites for hydroxylation is 1. The highest BCUT2D eigenvalue weighted by Crippen LogP contribution is 2.30. The third kappa shape index (κ3) is 5.08. The lowest BCUT2D eigenvalue weighted by molar-refractivity contribution is 0.0567. The Morgan fingerprint density at radius 1 is 1.33 bits per heavy atom. The van der Waals surface area contributed by atoms with Crippen molar-refractivity contribution in [2.75, 3.05) is 33.4 Å². The van der Waals surface area contributed by atoms with Crippen LogP contribution in [0.4, 0.5) is 4.39 Å². The number of hydrogen-bond acceptors (Lipinski definition) is 5. The van der Waals surface area contributed by atoms with Crippen molar-refractivity contribution in [2.45, 2.75) is 52.1 Å². The van der Waals surface area contributed by atoms with E-state index in [1.54, 1.807) is 13.2 Å². The number of benzene rings is 1. The summed E-state index contributed by atoms with van der Waals surface area (Å²) in [6.45, 7) is 8.53. The first-order valence-electron chi connectivity index (χ1n) is 10.7. The van der Waals surface area contributed by atoms with E-state index in [0.29, 0.717) is 30.8 Å². The fourth-order valence-corrected chi connectivity index (χ4v) is 4.03. The van der Waals surface area contributed by atoms with Crippen molar-refractivity contribution in [3.8, 4) is 5.75 Å². The number of carbonyl (C=O) groups is 1. The van der Waals surface area contributed by atoms with Gasteiger partial charge in [0.2, 0.25) is 0 Å². The maximum atomic E-state index is 14.8. The highest BCUT2D eigenvalue weighted by atomic mass is 19.1. The average Bonchev–Trinajstić information content (AvgIpc) is 2.72. The molecule has 30 heavy (non-hydrogen) atoms. The van der Waals surface area contributed by atoms with Crippen LogP contribution in [0.2, 0.25) is 0 Å². The minimum atomic E-state index is -0.447. The van der Waals surface area contributed by atoms with Gasteiger partial charge < -0.3 is 19.7 Å². The molecular weight excluding hydrogens is 385 g/mol. The molecule has 6 nitrogen and oxygen atoms in total. The second-order valence-corrected chi connectivity index (χ2v) is 8.15. The summed E-state index contributed by atoms with van der Waals surface area (Å²) in [6, 6.07) is 5.04. The third-order valence-electron chi connectivity index (χ3n) is 5.40. The standard InChI is InChI=1S/C23H32FN3O3/c1-15(2)27(17-7-5-8-25-14-17)23(28)20-13-21(30-10-6-9-29-4)18-11-16(3)12-19(24)22(18)26-20/h11-13,15,17,25H,5-10,14H2,1-4H3. The topological polar surface area (TPSA) is 63.7 Å². The molecule has 1 aromatic heterocycles. The number of piperidine rings is 1. The zero-order chi connectivity index (χ0) is 21.7. The minimum absolute atomic E-state index is 0.00818. The van der Waals surface area contributed by atoms with Crippen LogP contribution >= 0.6 is 0 Å². The van der Waals surface area contributed by atoms with Gasteiger partial charge in [-0.1, -0.05) is 0 Å². The van der Waals surface area contributed by atoms with Gasteiger partial charge in [0.15, 0.2) is 0 Å². The lowest BCUT2D eigenvalue weighted by atomic mass is 10.0. The van der Waals surface area contributed by atoms with Gasteiger partial charge in [-0.15, -0.1) is 0 Å². The number of pyridine rings is 1. The van der Waals surface area contributed by atoms with E-state index >= 15 is 0 Å². The van der Waals surface area contributed by atoms with E-state index < -0.39 is 5.82 Å². The molecule has 2 aromatic rings. The normalized spacial score (nSPS) is 16.8. The SMILES string of the molecule is COCCCOc1cc(C(=O)N(C(C)C)C2CCCNC2)nc2c(F)cc(C)cc12. The van der Waals surface area contributed by atoms with E-state index in [-0.39, 0.29) is 29.2 Å². The largest absolute Gasteiger partial charge is 0.493 e. The molecule has 0 spiro atoms. The highest BCUT2D eigenvalue weighted by Gasteiger charge is 2.30. The molecule has 0 bridgehead atoms. The van der Waals surface area contributed by atoms with Gasteiger partial charge in [-0.05, 0) is 57.9 Å². The second kappa shape index (κ2) is 10.2. The van der Waals surface area contributed by atoms with Gasteiger partial charge in [0.1, 0.15) is 22.8 Å². The number of fused-ring (bicyclic) bond motifs is 1. The number of hydrogen-bond donors (Lipinski definition) is 1. The number of aromatic nitrogens is 1. The Balaban J connectivity index is 2.00. The minimum Gasteiger partial charge on any atom is -0.493 e. The third-order valence-corrected chi connectivity index (χ3v) is 5.40. The fraction of sp³-hybridized carbons (Fsp3) is 0.565. The van der Waals surface area contributed by atoms with Crippen LogP contribution in [0.15, 0.2) is 18.2 Å². The van der Waals surface area contributed by atoms with Crippen molar-refractivity contribution < 1.29 is 18.7 Å². The van der Waals surface area contributed by atoms with Gasteiger partial charge >= 0.3 is 0 Å². The van der Waals surface area contributed by atoms with E-state index in [4.69, 9.17) is 9.47 Å². The van der Waals surface area contributed by atoms with E-state index in [1.165, 1.54) is 6.07 Å². The van der Waals surface area contributed by atoms with Crippen LogP contribution in [0, 0.1) is 12.7 Å².